The van der Waals surface area contributed by atoms with Crippen LogP contribution in [-0.2, 0) is 11.2 Å². The SMILES string of the molecule is N#Cc1cccc(CCC(=O)Nc2ncc[nH]2)c1. The minimum absolute atomic E-state index is 0.104. The van der Waals surface area contributed by atoms with Crippen LogP contribution in [0.4, 0.5) is 5.95 Å². The number of amides is 1. The summed E-state index contributed by atoms with van der Waals surface area (Å²) in [6.07, 6.45) is 4.18. The molecule has 5 nitrogen and oxygen atoms in total. The molecule has 1 amide bonds. The van der Waals surface area contributed by atoms with Gasteiger partial charge in [0.25, 0.3) is 0 Å². The zero-order valence-electron chi connectivity index (χ0n) is 9.68. The molecule has 5 heteroatoms. The van der Waals surface area contributed by atoms with Gasteiger partial charge in [-0.2, -0.15) is 5.26 Å². The summed E-state index contributed by atoms with van der Waals surface area (Å²) in [5.74, 6) is 0.345. The molecule has 1 aromatic carbocycles. The van der Waals surface area contributed by atoms with E-state index in [0.717, 1.165) is 5.56 Å². The van der Waals surface area contributed by atoms with Gasteiger partial charge in [-0.05, 0) is 24.1 Å². The number of carbonyl (C=O) groups excluding carboxylic acids is 1. The summed E-state index contributed by atoms with van der Waals surface area (Å²) in [7, 11) is 0. The van der Waals surface area contributed by atoms with E-state index in [9.17, 15) is 4.79 Å². The molecule has 0 fully saturated rings. The lowest BCUT2D eigenvalue weighted by atomic mass is 10.1. The molecule has 0 unspecified atom stereocenters. The molecule has 90 valence electrons. The molecule has 1 aromatic heterocycles. The number of hydrogen-bond donors (Lipinski definition) is 2. The van der Waals surface area contributed by atoms with Crippen LogP contribution in [0.3, 0.4) is 0 Å². The predicted octanol–water partition coefficient (Wildman–Crippen LogP) is 1.85. The average molecular weight is 240 g/mol. The quantitative estimate of drug-likeness (QED) is 0.855. The van der Waals surface area contributed by atoms with Crippen molar-refractivity contribution in [1.82, 2.24) is 9.97 Å². The van der Waals surface area contributed by atoms with Gasteiger partial charge in [0.05, 0.1) is 11.6 Å². The standard InChI is InChI=1S/C13H12N4O/c14-9-11-3-1-2-10(8-11)4-5-12(18)17-13-15-6-7-16-13/h1-3,6-8H,4-5H2,(H2,15,16,17,18). The highest BCUT2D eigenvalue weighted by molar-refractivity contribution is 5.89. The summed E-state index contributed by atoms with van der Waals surface area (Å²) >= 11 is 0. The fraction of sp³-hybridized carbons (Fsp3) is 0.154. The first kappa shape index (κ1) is 11.9. The Morgan fingerprint density at radius 3 is 3.11 bits per heavy atom. The maximum Gasteiger partial charge on any atom is 0.227 e. The fourth-order valence-electron chi connectivity index (χ4n) is 1.58. The van der Waals surface area contributed by atoms with Crippen molar-refractivity contribution in [2.45, 2.75) is 12.8 Å². The largest absolute Gasteiger partial charge is 0.331 e. The fourth-order valence-corrected chi connectivity index (χ4v) is 1.58. The monoisotopic (exact) mass is 240 g/mol. The van der Waals surface area contributed by atoms with E-state index in [4.69, 9.17) is 5.26 Å². The number of H-pyrrole nitrogens is 1. The number of aryl methyl sites for hydroxylation is 1. The van der Waals surface area contributed by atoms with Crippen molar-refractivity contribution >= 4 is 11.9 Å². The van der Waals surface area contributed by atoms with Crippen molar-refractivity contribution < 1.29 is 4.79 Å². The number of imidazole rings is 1. The van der Waals surface area contributed by atoms with Crippen molar-refractivity contribution in [3.63, 3.8) is 0 Å². The summed E-state index contributed by atoms with van der Waals surface area (Å²) in [5, 5.41) is 11.4. The normalized spacial score (nSPS) is 9.72. The first-order valence-corrected chi connectivity index (χ1v) is 5.56. The number of hydrogen-bond acceptors (Lipinski definition) is 3. The molecule has 0 radical (unpaired) electrons. The third kappa shape index (κ3) is 3.19. The molecule has 0 atom stereocenters. The third-order valence-corrected chi connectivity index (χ3v) is 2.45. The van der Waals surface area contributed by atoms with E-state index >= 15 is 0 Å². The molecule has 0 bridgehead atoms. The van der Waals surface area contributed by atoms with Crippen LogP contribution in [-0.4, -0.2) is 15.9 Å². The van der Waals surface area contributed by atoms with E-state index in [0.29, 0.717) is 24.4 Å². The topological polar surface area (TPSA) is 81.6 Å². The smallest absolute Gasteiger partial charge is 0.227 e. The second-order valence-corrected chi connectivity index (χ2v) is 3.80. The number of benzene rings is 1. The number of rotatable bonds is 4. The maximum atomic E-state index is 11.6. The Hall–Kier alpha value is -2.61. The minimum atomic E-state index is -0.104. The second kappa shape index (κ2) is 5.64. The highest BCUT2D eigenvalue weighted by atomic mass is 16.1. The van der Waals surface area contributed by atoms with Gasteiger partial charge in [-0.15, -0.1) is 0 Å². The first-order chi connectivity index (χ1) is 8.78. The third-order valence-electron chi connectivity index (χ3n) is 2.45. The zero-order chi connectivity index (χ0) is 12.8. The van der Waals surface area contributed by atoms with E-state index in [1.807, 2.05) is 12.1 Å². The van der Waals surface area contributed by atoms with Gasteiger partial charge in [0.2, 0.25) is 11.9 Å². The Balaban J connectivity index is 1.87. The van der Waals surface area contributed by atoms with Crippen LogP contribution in [0.5, 0.6) is 0 Å². The Labute approximate surface area is 104 Å². The Morgan fingerprint density at radius 2 is 2.39 bits per heavy atom. The van der Waals surface area contributed by atoms with Crippen molar-refractivity contribution in [2.75, 3.05) is 5.32 Å². The number of anilines is 1. The predicted molar refractivity (Wildman–Crippen MR) is 66.7 cm³/mol. The van der Waals surface area contributed by atoms with Crippen molar-refractivity contribution in [3.8, 4) is 6.07 Å². The molecule has 2 aromatic rings. The number of aromatic nitrogens is 2. The van der Waals surface area contributed by atoms with E-state index in [2.05, 4.69) is 21.4 Å². The molecule has 0 aliphatic heterocycles. The Morgan fingerprint density at radius 1 is 1.50 bits per heavy atom. The van der Waals surface area contributed by atoms with E-state index in [-0.39, 0.29) is 5.91 Å². The summed E-state index contributed by atoms with van der Waals surface area (Å²) < 4.78 is 0. The molecule has 2 N–H and O–H groups in total. The average Bonchev–Trinajstić information content (AvgIpc) is 2.89. The van der Waals surface area contributed by atoms with Crippen LogP contribution >= 0.6 is 0 Å². The number of nitrogens with one attached hydrogen (secondary N) is 2. The molecule has 0 saturated heterocycles. The van der Waals surface area contributed by atoms with Gasteiger partial charge in [0, 0.05) is 18.8 Å². The van der Waals surface area contributed by atoms with E-state index in [1.54, 1.807) is 24.5 Å². The van der Waals surface area contributed by atoms with Gasteiger partial charge in [0.1, 0.15) is 0 Å². The summed E-state index contributed by atoms with van der Waals surface area (Å²) in [6.45, 7) is 0. The number of nitriles is 1. The van der Waals surface area contributed by atoms with E-state index < -0.39 is 0 Å². The van der Waals surface area contributed by atoms with Gasteiger partial charge in [0.15, 0.2) is 0 Å². The lowest BCUT2D eigenvalue weighted by Gasteiger charge is -2.02. The summed E-state index contributed by atoms with van der Waals surface area (Å²) in [5.41, 5.74) is 1.59. The molecule has 18 heavy (non-hydrogen) atoms. The molecule has 1 heterocycles. The van der Waals surface area contributed by atoms with Gasteiger partial charge in [-0.3, -0.25) is 10.1 Å². The van der Waals surface area contributed by atoms with Crippen molar-refractivity contribution in [1.29, 1.82) is 5.26 Å². The van der Waals surface area contributed by atoms with Crippen LogP contribution in [0, 0.1) is 11.3 Å². The summed E-state index contributed by atoms with van der Waals surface area (Å²) in [4.78, 5) is 18.3. The van der Waals surface area contributed by atoms with Gasteiger partial charge in [-0.1, -0.05) is 12.1 Å². The Bertz CT molecular complexity index is 569. The number of carbonyl (C=O) groups is 1. The van der Waals surface area contributed by atoms with Crippen LogP contribution < -0.4 is 5.32 Å². The van der Waals surface area contributed by atoms with Crippen LogP contribution in [0.2, 0.25) is 0 Å². The number of nitrogens with zero attached hydrogens (tertiary/aromatic N) is 2. The van der Waals surface area contributed by atoms with Crippen LogP contribution in [0.1, 0.15) is 17.5 Å². The molecule has 0 saturated carbocycles. The van der Waals surface area contributed by atoms with E-state index in [1.165, 1.54) is 0 Å². The molecular weight excluding hydrogens is 228 g/mol. The molecule has 0 aliphatic carbocycles. The van der Waals surface area contributed by atoms with Gasteiger partial charge < -0.3 is 4.98 Å². The Kier molecular flexibility index (Phi) is 3.72. The van der Waals surface area contributed by atoms with Crippen LogP contribution in [0.25, 0.3) is 0 Å². The van der Waals surface area contributed by atoms with Gasteiger partial charge in [-0.25, -0.2) is 4.98 Å². The maximum absolute atomic E-state index is 11.6. The molecule has 2 rings (SSSR count). The van der Waals surface area contributed by atoms with Gasteiger partial charge >= 0.3 is 0 Å². The summed E-state index contributed by atoms with van der Waals surface area (Å²) in [6, 6.07) is 9.33. The molecule has 0 spiro atoms. The lowest BCUT2D eigenvalue weighted by molar-refractivity contribution is -0.116. The molecular formula is C13H12N4O. The van der Waals surface area contributed by atoms with Crippen molar-refractivity contribution in [2.24, 2.45) is 0 Å². The van der Waals surface area contributed by atoms with Crippen molar-refractivity contribution in [3.05, 3.63) is 47.8 Å². The highest BCUT2D eigenvalue weighted by Gasteiger charge is 2.04. The second-order valence-electron chi connectivity index (χ2n) is 3.80. The number of aromatic amines is 1. The minimum Gasteiger partial charge on any atom is -0.331 e. The highest BCUT2D eigenvalue weighted by Crippen LogP contribution is 2.07. The lowest BCUT2D eigenvalue weighted by Crippen LogP contribution is -2.13. The van der Waals surface area contributed by atoms with Crippen LogP contribution in [0.15, 0.2) is 36.7 Å². The zero-order valence-corrected chi connectivity index (χ0v) is 9.68. The first-order valence-electron chi connectivity index (χ1n) is 5.56. The molecule has 0 aliphatic rings.